The lowest BCUT2D eigenvalue weighted by Crippen LogP contribution is -2.45. The fraction of sp³-hybridized carbons (Fsp3) is 0.211. The summed E-state index contributed by atoms with van der Waals surface area (Å²) in [6, 6.07) is 14.0. The summed E-state index contributed by atoms with van der Waals surface area (Å²) in [6.45, 7) is 3.85. The molecule has 2 aromatic carbocycles. The molecule has 0 saturated heterocycles. The number of carbonyl (C=O) groups is 2. The number of anilines is 1. The molecule has 2 aromatic rings. The van der Waals surface area contributed by atoms with Crippen LogP contribution < -0.4 is 21.1 Å². The van der Waals surface area contributed by atoms with Gasteiger partial charge in [-0.1, -0.05) is 30.3 Å². The van der Waals surface area contributed by atoms with Gasteiger partial charge < -0.3 is 21.1 Å². The van der Waals surface area contributed by atoms with E-state index in [1.54, 1.807) is 23.1 Å². The van der Waals surface area contributed by atoms with Crippen LogP contribution >= 0.6 is 0 Å². The molecule has 134 valence electrons. The molecule has 0 aliphatic carbocycles. The topological polar surface area (TPSA) is 111 Å². The van der Waals surface area contributed by atoms with Gasteiger partial charge in [0.05, 0.1) is 5.69 Å². The van der Waals surface area contributed by atoms with Crippen LogP contribution in [0.1, 0.15) is 35.9 Å². The first-order chi connectivity index (χ1) is 12.4. The number of ether oxygens (including phenoxy) is 1. The molecule has 1 heterocycles. The fourth-order valence-electron chi connectivity index (χ4n) is 2.92. The minimum absolute atomic E-state index is 0.0735. The third kappa shape index (κ3) is 3.23. The predicted octanol–water partition coefficient (Wildman–Crippen LogP) is 1.98. The van der Waals surface area contributed by atoms with Gasteiger partial charge in [0.1, 0.15) is 5.75 Å². The second-order valence-corrected chi connectivity index (χ2v) is 6.23. The molecule has 26 heavy (non-hydrogen) atoms. The van der Waals surface area contributed by atoms with Crippen LogP contribution in [-0.4, -0.2) is 23.8 Å². The first-order valence-electron chi connectivity index (χ1n) is 8.21. The number of benzene rings is 2. The second kappa shape index (κ2) is 6.87. The molecule has 0 spiro atoms. The number of hydrogen-bond donors (Lipinski definition) is 2. The van der Waals surface area contributed by atoms with Crippen LogP contribution in [0, 0.1) is 0 Å². The quantitative estimate of drug-likeness (QED) is 0.648. The summed E-state index contributed by atoms with van der Waals surface area (Å²) in [5.74, 6) is -0.596. The highest BCUT2D eigenvalue weighted by molar-refractivity contribution is 6.05. The van der Waals surface area contributed by atoms with Crippen LogP contribution in [0.5, 0.6) is 5.75 Å². The van der Waals surface area contributed by atoms with Gasteiger partial charge in [-0.15, -0.1) is 0 Å². The van der Waals surface area contributed by atoms with Crippen LogP contribution in [-0.2, 0) is 4.79 Å². The van der Waals surface area contributed by atoms with E-state index in [9.17, 15) is 9.59 Å². The van der Waals surface area contributed by atoms with E-state index >= 15 is 0 Å². The summed E-state index contributed by atoms with van der Waals surface area (Å²) in [4.78, 5) is 30.3. The molecule has 0 bridgehead atoms. The van der Waals surface area contributed by atoms with E-state index in [-0.39, 0.29) is 23.5 Å². The number of nitrogens with zero attached hydrogens (tertiary/aromatic N) is 2. The van der Waals surface area contributed by atoms with Crippen molar-refractivity contribution in [1.82, 2.24) is 0 Å². The summed E-state index contributed by atoms with van der Waals surface area (Å²) in [7, 11) is 0. The van der Waals surface area contributed by atoms with Crippen molar-refractivity contribution < 1.29 is 14.3 Å². The average molecular weight is 352 g/mol. The first kappa shape index (κ1) is 17.5. The van der Waals surface area contributed by atoms with Gasteiger partial charge in [0.25, 0.3) is 11.8 Å². The zero-order valence-corrected chi connectivity index (χ0v) is 14.5. The lowest BCUT2D eigenvalue weighted by atomic mass is 10.0. The molecule has 1 atom stereocenters. The largest absolute Gasteiger partial charge is 0.474 e. The zero-order valence-electron chi connectivity index (χ0n) is 14.5. The number of amides is 2. The Morgan fingerprint density at radius 1 is 1.15 bits per heavy atom. The molecule has 0 saturated carbocycles. The Labute approximate surface area is 151 Å². The summed E-state index contributed by atoms with van der Waals surface area (Å²) in [6.07, 6.45) is -0.778. The molecule has 7 heteroatoms. The summed E-state index contributed by atoms with van der Waals surface area (Å²) in [5, 5.41) is 0. The molecule has 0 fully saturated rings. The van der Waals surface area contributed by atoms with Gasteiger partial charge in [0.2, 0.25) is 6.10 Å². The summed E-state index contributed by atoms with van der Waals surface area (Å²) >= 11 is 0. The van der Waals surface area contributed by atoms with Gasteiger partial charge in [0, 0.05) is 17.2 Å². The minimum Gasteiger partial charge on any atom is -0.474 e. The van der Waals surface area contributed by atoms with Crippen LogP contribution in [0.2, 0.25) is 0 Å². The normalized spacial score (nSPS) is 16.0. The SMILES string of the molecule is CC(C)N1C(=O)C(c2ccccc2)Oc2cc(C(=O)N=C(N)N)ccc21. The predicted molar refractivity (Wildman–Crippen MR) is 99.0 cm³/mol. The summed E-state index contributed by atoms with van der Waals surface area (Å²) < 4.78 is 5.95. The van der Waals surface area contributed by atoms with Crippen molar-refractivity contribution in [3.8, 4) is 5.75 Å². The smallest absolute Gasteiger partial charge is 0.280 e. The molecule has 0 aromatic heterocycles. The lowest BCUT2D eigenvalue weighted by molar-refractivity contribution is -0.127. The number of nitrogens with two attached hydrogens (primary N) is 2. The van der Waals surface area contributed by atoms with Crippen molar-refractivity contribution in [2.24, 2.45) is 16.5 Å². The first-order valence-corrected chi connectivity index (χ1v) is 8.21. The Morgan fingerprint density at radius 3 is 2.46 bits per heavy atom. The number of rotatable bonds is 3. The third-order valence-electron chi connectivity index (χ3n) is 4.02. The molecule has 1 aliphatic rings. The number of carbonyl (C=O) groups excluding carboxylic acids is 2. The van der Waals surface area contributed by atoms with E-state index in [1.165, 1.54) is 0 Å². The van der Waals surface area contributed by atoms with Gasteiger partial charge >= 0.3 is 0 Å². The minimum atomic E-state index is -0.778. The molecule has 7 nitrogen and oxygen atoms in total. The van der Waals surface area contributed by atoms with Gasteiger partial charge in [0.15, 0.2) is 5.96 Å². The standard InChI is InChI=1S/C19H20N4O3/c1-11(2)23-14-9-8-13(17(24)22-19(20)21)10-15(14)26-16(18(23)25)12-6-4-3-5-7-12/h3-11,16H,1-2H3,(H4,20,21,22,24). The Kier molecular flexibility index (Phi) is 4.62. The molecule has 1 aliphatic heterocycles. The van der Waals surface area contributed by atoms with Gasteiger partial charge in [-0.25, -0.2) is 0 Å². The number of guanidine groups is 1. The molecule has 4 N–H and O–H groups in total. The average Bonchev–Trinajstić information content (AvgIpc) is 2.60. The highest BCUT2D eigenvalue weighted by Gasteiger charge is 2.37. The second-order valence-electron chi connectivity index (χ2n) is 6.23. The summed E-state index contributed by atoms with van der Waals surface area (Å²) in [5.41, 5.74) is 12.2. The monoisotopic (exact) mass is 352 g/mol. The van der Waals surface area contributed by atoms with E-state index in [4.69, 9.17) is 16.2 Å². The molecule has 3 rings (SSSR count). The third-order valence-corrected chi connectivity index (χ3v) is 4.02. The maximum absolute atomic E-state index is 13.0. The molecular formula is C19H20N4O3. The zero-order chi connectivity index (χ0) is 18.8. The van der Waals surface area contributed by atoms with Crippen molar-refractivity contribution in [2.75, 3.05) is 4.90 Å². The van der Waals surface area contributed by atoms with Crippen LogP contribution in [0.4, 0.5) is 5.69 Å². The van der Waals surface area contributed by atoms with E-state index in [1.807, 2.05) is 44.2 Å². The van der Waals surface area contributed by atoms with Crippen molar-refractivity contribution in [2.45, 2.75) is 26.0 Å². The molecular weight excluding hydrogens is 332 g/mol. The molecule has 2 amide bonds. The number of hydrogen-bond acceptors (Lipinski definition) is 3. The van der Waals surface area contributed by atoms with E-state index in [0.717, 1.165) is 5.56 Å². The van der Waals surface area contributed by atoms with Crippen molar-refractivity contribution in [3.63, 3.8) is 0 Å². The van der Waals surface area contributed by atoms with Crippen molar-refractivity contribution in [1.29, 1.82) is 0 Å². The van der Waals surface area contributed by atoms with Crippen LogP contribution in [0.25, 0.3) is 0 Å². The van der Waals surface area contributed by atoms with E-state index < -0.39 is 12.0 Å². The van der Waals surface area contributed by atoms with Gasteiger partial charge in [-0.05, 0) is 32.0 Å². The molecule has 0 radical (unpaired) electrons. The fourth-order valence-corrected chi connectivity index (χ4v) is 2.92. The molecule has 1 unspecified atom stereocenters. The van der Waals surface area contributed by atoms with Crippen LogP contribution in [0.15, 0.2) is 53.5 Å². The van der Waals surface area contributed by atoms with E-state index in [0.29, 0.717) is 11.4 Å². The number of aliphatic imine (C=N–C) groups is 1. The van der Waals surface area contributed by atoms with Crippen molar-refractivity contribution in [3.05, 3.63) is 59.7 Å². The van der Waals surface area contributed by atoms with Crippen molar-refractivity contribution >= 4 is 23.5 Å². The maximum atomic E-state index is 13.0. The van der Waals surface area contributed by atoms with Gasteiger partial charge in [-0.3, -0.25) is 9.59 Å². The van der Waals surface area contributed by atoms with E-state index in [2.05, 4.69) is 4.99 Å². The lowest BCUT2D eigenvalue weighted by Gasteiger charge is -2.37. The van der Waals surface area contributed by atoms with Gasteiger partial charge in [-0.2, -0.15) is 4.99 Å². The maximum Gasteiger partial charge on any atom is 0.280 e. The Balaban J connectivity index is 2.06. The Morgan fingerprint density at radius 2 is 1.85 bits per heavy atom. The highest BCUT2D eigenvalue weighted by Crippen LogP contribution is 2.40. The van der Waals surface area contributed by atoms with Crippen LogP contribution in [0.3, 0.4) is 0 Å². The highest BCUT2D eigenvalue weighted by atomic mass is 16.5. The Hall–Kier alpha value is -3.35. The Bertz CT molecular complexity index is 874. The number of fused-ring (bicyclic) bond motifs is 1.